The fourth-order valence-corrected chi connectivity index (χ4v) is 1.87. The predicted octanol–water partition coefficient (Wildman–Crippen LogP) is 2.02. The first-order valence-corrected chi connectivity index (χ1v) is 6.83. The van der Waals surface area contributed by atoms with Gasteiger partial charge in [0.2, 0.25) is 0 Å². The van der Waals surface area contributed by atoms with Gasteiger partial charge in [-0.05, 0) is 37.1 Å². The zero-order valence-electron chi connectivity index (χ0n) is 11.2. The number of rotatable bonds is 5. The van der Waals surface area contributed by atoms with E-state index >= 15 is 0 Å². The average molecular weight is 345 g/mol. The number of nitrogens with one attached hydrogen (secondary N) is 2. The lowest BCUT2D eigenvalue weighted by atomic mass is 10.1. The molecule has 0 fully saturated rings. The van der Waals surface area contributed by atoms with E-state index in [2.05, 4.69) is 26.6 Å². The van der Waals surface area contributed by atoms with Gasteiger partial charge >= 0.3 is 12.0 Å². The fraction of sp³-hybridized carbons (Fsp3) is 0.385. The number of aliphatic hydroxyl groups is 1. The van der Waals surface area contributed by atoms with Crippen molar-refractivity contribution in [2.45, 2.75) is 26.4 Å². The summed E-state index contributed by atoms with van der Waals surface area (Å²) in [5.41, 5.74) is 2.66. The Bertz CT molecular complexity index is 496. The van der Waals surface area contributed by atoms with E-state index in [-0.39, 0.29) is 13.0 Å². The van der Waals surface area contributed by atoms with E-state index in [0.717, 1.165) is 15.6 Å². The molecule has 20 heavy (non-hydrogen) atoms. The lowest BCUT2D eigenvalue weighted by Crippen LogP contribution is -2.33. The topological polar surface area (TPSA) is 98.7 Å². The van der Waals surface area contributed by atoms with Gasteiger partial charge in [0, 0.05) is 23.1 Å². The second-order valence-electron chi connectivity index (χ2n) is 4.45. The molecule has 4 N–H and O–H groups in total. The first-order chi connectivity index (χ1) is 9.31. The van der Waals surface area contributed by atoms with Gasteiger partial charge < -0.3 is 20.8 Å². The van der Waals surface area contributed by atoms with E-state index in [9.17, 15) is 9.59 Å². The Morgan fingerprint density at radius 2 is 1.85 bits per heavy atom. The van der Waals surface area contributed by atoms with E-state index in [1.54, 1.807) is 0 Å². The van der Waals surface area contributed by atoms with E-state index in [0.29, 0.717) is 5.69 Å². The van der Waals surface area contributed by atoms with Crippen molar-refractivity contribution in [3.8, 4) is 0 Å². The number of amides is 2. The zero-order valence-corrected chi connectivity index (χ0v) is 12.8. The molecule has 0 heterocycles. The molecule has 1 aromatic rings. The van der Waals surface area contributed by atoms with Crippen molar-refractivity contribution in [2.24, 2.45) is 0 Å². The van der Waals surface area contributed by atoms with Gasteiger partial charge in [0.25, 0.3) is 0 Å². The summed E-state index contributed by atoms with van der Waals surface area (Å²) in [6, 6.07) is 3.20. The molecule has 0 aliphatic heterocycles. The Hall–Kier alpha value is -1.60. The number of benzene rings is 1. The number of carboxylic acids is 1. The highest BCUT2D eigenvalue weighted by molar-refractivity contribution is 9.10. The Labute approximate surface area is 125 Å². The van der Waals surface area contributed by atoms with Gasteiger partial charge in [-0.15, -0.1) is 0 Å². The molecule has 0 aromatic heterocycles. The number of halogens is 1. The molecule has 7 heteroatoms. The van der Waals surface area contributed by atoms with Crippen LogP contribution in [0.25, 0.3) is 0 Å². The summed E-state index contributed by atoms with van der Waals surface area (Å²) < 4.78 is 0.994. The van der Waals surface area contributed by atoms with E-state index in [1.807, 2.05) is 26.0 Å². The molecule has 0 radical (unpaired) electrons. The molecule has 0 bridgehead atoms. The monoisotopic (exact) mass is 344 g/mol. The summed E-state index contributed by atoms with van der Waals surface area (Å²) in [4.78, 5) is 22.0. The number of carbonyl (C=O) groups excluding carboxylic acids is 1. The highest BCUT2D eigenvalue weighted by Crippen LogP contribution is 2.24. The van der Waals surface area contributed by atoms with Crippen molar-refractivity contribution in [3.63, 3.8) is 0 Å². The molecule has 0 aliphatic carbocycles. The van der Waals surface area contributed by atoms with Gasteiger partial charge in [0.1, 0.15) is 0 Å². The lowest BCUT2D eigenvalue weighted by Gasteiger charge is -2.11. The molecule has 0 unspecified atom stereocenters. The zero-order chi connectivity index (χ0) is 15.3. The minimum Gasteiger partial charge on any atom is -0.479 e. The Morgan fingerprint density at radius 1 is 1.30 bits per heavy atom. The summed E-state index contributed by atoms with van der Waals surface area (Å²) in [6.45, 7) is 3.92. The SMILES string of the molecule is Cc1cc(NC(=O)NCC[C@H](O)C(=O)O)cc(C)c1Br. The van der Waals surface area contributed by atoms with Gasteiger partial charge in [-0.2, -0.15) is 0 Å². The maximum atomic E-state index is 11.6. The van der Waals surface area contributed by atoms with Gasteiger partial charge in [0.05, 0.1) is 0 Å². The molecule has 0 aliphatic rings. The number of carbonyl (C=O) groups is 2. The number of hydrogen-bond acceptors (Lipinski definition) is 3. The number of aliphatic carboxylic acids is 1. The molecule has 0 saturated heterocycles. The summed E-state index contributed by atoms with van der Waals surface area (Å²) >= 11 is 3.44. The second kappa shape index (κ2) is 7.25. The number of aliphatic hydroxyl groups excluding tert-OH is 1. The van der Waals surface area contributed by atoms with Crippen LogP contribution >= 0.6 is 15.9 Å². The minimum atomic E-state index is -1.47. The van der Waals surface area contributed by atoms with E-state index in [4.69, 9.17) is 10.2 Å². The Morgan fingerprint density at radius 3 is 2.35 bits per heavy atom. The third-order valence-electron chi connectivity index (χ3n) is 2.68. The van der Waals surface area contributed by atoms with Crippen LogP contribution in [-0.2, 0) is 4.79 Å². The first kappa shape index (κ1) is 16.5. The Balaban J connectivity index is 2.49. The van der Waals surface area contributed by atoms with Crippen molar-refractivity contribution in [2.75, 3.05) is 11.9 Å². The molecule has 1 atom stereocenters. The van der Waals surface area contributed by atoms with Crippen molar-refractivity contribution in [3.05, 3.63) is 27.7 Å². The number of anilines is 1. The van der Waals surface area contributed by atoms with Crippen molar-refractivity contribution in [1.82, 2.24) is 5.32 Å². The molecular weight excluding hydrogens is 328 g/mol. The Kier molecular flexibility index (Phi) is 5.97. The van der Waals surface area contributed by atoms with Gasteiger partial charge in [0.15, 0.2) is 6.10 Å². The second-order valence-corrected chi connectivity index (χ2v) is 5.24. The van der Waals surface area contributed by atoms with E-state index in [1.165, 1.54) is 0 Å². The molecule has 2 amide bonds. The quantitative estimate of drug-likeness (QED) is 0.656. The van der Waals surface area contributed by atoms with Crippen LogP contribution in [0.1, 0.15) is 17.5 Å². The highest BCUT2D eigenvalue weighted by Gasteiger charge is 2.13. The van der Waals surface area contributed by atoms with Crippen LogP contribution in [0.5, 0.6) is 0 Å². The summed E-state index contributed by atoms with van der Waals surface area (Å²) in [5, 5.41) is 22.7. The summed E-state index contributed by atoms with van der Waals surface area (Å²) in [6.07, 6.45) is -1.51. The van der Waals surface area contributed by atoms with Crippen LogP contribution in [0.2, 0.25) is 0 Å². The van der Waals surface area contributed by atoms with Crippen LogP contribution in [-0.4, -0.2) is 34.9 Å². The minimum absolute atomic E-state index is 0.0405. The standard InChI is InChI=1S/C13H17BrN2O4/c1-7-5-9(6-8(2)11(7)14)16-13(20)15-4-3-10(17)12(18)19/h5-6,10,17H,3-4H2,1-2H3,(H,18,19)(H2,15,16,20)/t10-/m0/s1. The van der Waals surface area contributed by atoms with E-state index < -0.39 is 18.1 Å². The predicted molar refractivity (Wildman–Crippen MR) is 78.9 cm³/mol. The third-order valence-corrected chi connectivity index (χ3v) is 3.93. The number of aryl methyl sites for hydroxylation is 2. The maximum absolute atomic E-state index is 11.6. The molecule has 0 spiro atoms. The number of hydrogen-bond donors (Lipinski definition) is 4. The number of urea groups is 1. The smallest absolute Gasteiger partial charge is 0.332 e. The van der Waals surface area contributed by atoms with Crippen LogP contribution in [0.3, 0.4) is 0 Å². The molecule has 110 valence electrons. The van der Waals surface area contributed by atoms with Crippen molar-refractivity contribution >= 4 is 33.6 Å². The van der Waals surface area contributed by atoms with Gasteiger partial charge in [-0.3, -0.25) is 0 Å². The van der Waals surface area contributed by atoms with Gasteiger partial charge in [-0.1, -0.05) is 15.9 Å². The fourth-order valence-electron chi connectivity index (χ4n) is 1.64. The largest absolute Gasteiger partial charge is 0.479 e. The lowest BCUT2D eigenvalue weighted by molar-refractivity contribution is -0.146. The molecule has 6 nitrogen and oxygen atoms in total. The summed E-state index contributed by atoms with van der Waals surface area (Å²) in [7, 11) is 0. The maximum Gasteiger partial charge on any atom is 0.332 e. The van der Waals surface area contributed by atoms with Crippen LogP contribution in [0.15, 0.2) is 16.6 Å². The first-order valence-electron chi connectivity index (χ1n) is 6.03. The van der Waals surface area contributed by atoms with Crippen molar-refractivity contribution < 1.29 is 19.8 Å². The number of carboxylic acid groups (broad SMARTS) is 1. The van der Waals surface area contributed by atoms with Crippen LogP contribution in [0, 0.1) is 13.8 Å². The average Bonchev–Trinajstić information content (AvgIpc) is 2.35. The van der Waals surface area contributed by atoms with Crippen LogP contribution in [0.4, 0.5) is 10.5 Å². The third kappa shape index (κ3) is 4.82. The molecule has 1 rings (SSSR count). The molecule has 1 aromatic carbocycles. The molecule has 0 saturated carbocycles. The van der Waals surface area contributed by atoms with Gasteiger partial charge in [-0.25, -0.2) is 9.59 Å². The molecular formula is C13H17BrN2O4. The summed E-state index contributed by atoms with van der Waals surface area (Å²) in [5.74, 6) is -1.30. The van der Waals surface area contributed by atoms with Crippen molar-refractivity contribution in [1.29, 1.82) is 0 Å². The normalized spacial score (nSPS) is 11.8. The van der Waals surface area contributed by atoms with Crippen LogP contribution < -0.4 is 10.6 Å². The highest BCUT2D eigenvalue weighted by atomic mass is 79.9.